The number of nitrogens with zero attached hydrogens (tertiary/aromatic N) is 2. The first kappa shape index (κ1) is 16.4. The van der Waals surface area contributed by atoms with Crippen LogP contribution in [-0.4, -0.2) is 19.9 Å². The smallest absolute Gasteiger partial charge is 0.227 e. The highest BCUT2D eigenvalue weighted by Crippen LogP contribution is 2.07. The van der Waals surface area contributed by atoms with Crippen molar-refractivity contribution < 1.29 is 26.3 Å². The number of ketones is 1. The van der Waals surface area contributed by atoms with Crippen LogP contribution in [-0.2, 0) is 6.54 Å². The van der Waals surface area contributed by atoms with Gasteiger partial charge in [-0.3, -0.25) is 4.79 Å². The van der Waals surface area contributed by atoms with Gasteiger partial charge in [0.2, 0.25) is 12.3 Å². The summed E-state index contributed by atoms with van der Waals surface area (Å²) in [5.41, 5.74) is 3.05. The van der Waals surface area contributed by atoms with E-state index in [1.807, 2.05) is 79.3 Å². The number of aryl methyl sites for hydroxylation is 1. The van der Waals surface area contributed by atoms with Gasteiger partial charge in [0, 0.05) is 37.5 Å². The minimum absolute atomic E-state index is 0. The molecule has 0 amide bonds. The van der Waals surface area contributed by atoms with Gasteiger partial charge in [-0.2, -0.15) is 4.57 Å². The third-order valence-electron chi connectivity index (χ3n) is 3.09. The first-order chi connectivity index (χ1) is 9.06. The maximum Gasteiger partial charge on any atom is 0.227 e. The Hall–Kier alpha value is -1.68. The molecule has 1 aromatic carbocycles. The van der Waals surface area contributed by atoms with Crippen LogP contribution in [0.25, 0.3) is 0 Å². The van der Waals surface area contributed by atoms with Gasteiger partial charge in [-0.15, -0.1) is 0 Å². The highest BCUT2D eigenvalue weighted by molar-refractivity contribution is 5.95. The molecule has 1 heterocycles. The summed E-state index contributed by atoms with van der Waals surface area (Å²) in [4.78, 5) is 14.1. The van der Waals surface area contributed by atoms with Crippen molar-refractivity contribution in [1.82, 2.24) is 0 Å². The van der Waals surface area contributed by atoms with Crippen LogP contribution in [0.15, 0.2) is 48.8 Å². The normalized spacial score (nSPS) is 9.75. The molecular weight excluding hydrogens is 316 g/mol. The number of Topliss-reactive ketones (excluding diaryl/α,β-unsaturated/α-hetero) is 1. The molecule has 0 spiro atoms. The zero-order valence-corrected chi connectivity index (χ0v) is 13.6. The number of benzene rings is 1. The van der Waals surface area contributed by atoms with Crippen molar-refractivity contribution in [2.24, 2.45) is 0 Å². The lowest BCUT2D eigenvalue weighted by molar-refractivity contribution is -0.683. The van der Waals surface area contributed by atoms with Crippen molar-refractivity contribution in [3.05, 3.63) is 59.9 Å². The summed E-state index contributed by atoms with van der Waals surface area (Å²) < 4.78 is 1.90. The topological polar surface area (TPSA) is 24.2 Å². The summed E-state index contributed by atoms with van der Waals surface area (Å²) in [6.45, 7) is 2.39. The van der Waals surface area contributed by atoms with Gasteiger partial charge >= 0.3 is 0 Å². The molecule has 20 heavy (non-hydrogen) atoms. The summed E-state index contributed by atoms with van der Waals surface area (Å²) in [6.07, 6.45) is 3.86. The van der Waals surface area contributed by atoms with Crippen molar-refractivity contribution >= 4 is 11.5 Å². The molecule has 0 radical (unpaired) electrons. The number of anilines is 1. The van der Waals surface area contributed by atoms with Crippen LogP contribution in [0.3, 0.4) is 0 Å². The lowest BCUT2D eigenvalue weighted by Crippen LogP contribution is -3.00. The largest absolute Gasteiger partial charge is 1.00 e. The molecule has 0 fully saturated rings. The van der Waals surface area contributed by atoms with E-state index in [9.17, 15) is 4.79 Å². The van der Waals surface area contributed by atoms with Gasteiger partial charge < -0.3 is 21.9 Å². The number of hydrogen-bond acceptors (Lipinski definition) is 2. The molecule has 0 N–H and O–H groups in total. The van der Waals surface area contributed by atoms with E-state index < -0.39 is 0 Å². The third kappa shape index (κ3) is 4.17. The maximum absolute atomic E-state index is 12.1. The summed E-state index contributed by atoms with van der Waals surface area (Å²) in [5.74, 6) is 0.127. The van der Waals surface area contributed by atoms with Crippen LogP contribution < -0.4 is 26.4 Å². The van der Waals surface area contributed by atoms with Crippen LogP contribution in [0.4, 0.5) is 5.69 Å². The molecule has 3 nitrogen and oxygen atoms in total. The fraction of sp³-hybridized carbons (Fsp3) is 0.250. The Labute approximate surface area is 130 Å². The highest BCUT2D eigenvalue weighted by Gasteiger charge is 2.11. The second-order valence-electron chi connectivity index (χ2n) is 4.91. The fourth-order valence-electron chi connectivity index (χ4n) is 1.85. The summed E-state index contributed by atoms with van der Waals surface area (Å²) in [6, 6.07) is 11.7. The average molecular weight is 335 g/mol. The Morgan fingerprint density at radius 1 is 1.05 bits per heavy atom. The molecule has 0 aliphatic heterocycles. The lowest BCUT2D eigenvalue weighted by atomic mass is 10.1. The number of carbonyl (C=O) groups is 1. The van der Waals surface area contributed by atoms with Crippen LogP contribution in [0.5, 0.6) is 0 Å². The number of hydrogen-bond donors (Lipinski definition) is 0. The van der Waals surface area contributed by atoms with Crippen molar-refractivity contribution in [3.8, 4) is 0 Å². The molecule has 0 saturated carbocycles. The number of rotatable bonds is 4. The third-order valence-corrected chi connectivity index (χ3v) is 3.09. The number of aromatic nitrogens is 1. The number of halogens is 1. The fourth-order valence-corrected chi connectivity index (χ4v) is 1.85. The minimum Gasteiger partial charge on any atom is -1.00 e. The molecule has 0 atom stereocenters. The first-order valence-corrected chi connectivity index (χ1v) is 6.32. The zero-order valence-electron chi connectivity index (χ0n) is 12.0. The van der Waals surface area contributed by atoms with Crippen molar-refractivity contribution in [3.63, 3.8) is 0 Å². The van der Waals surface area contributed by atoms with E-state index in [2.05, 4.69) is 0 Å². The van der Waals surface area contributed by atoms with E-state index in [1.165, 1.54) is 5.56 Å². The molecule has 0 aliphatic rings. The highest BCUT2D eigenvalue weighted by atomic mass is 79.9. The molecule has 106 valence electrons. The second-order valence-corrected chi connectivity index (χ2v) is 4.91. The van der Waals surface area contributed by atoms with Crippen LogP contribution >= 0.6 is 0 Å². The van der Waals surface area contributed by atoms with Gasteiger partial charge in [-0.05, 0) is 6.92 Å². The molecule has 1 aromatic heterocycles. The van der Waals surface area contributed by atoms with Crippen LogP contribution in [0, 0.1) is 6.92 Å². The van der Waals surface area contributed by atoms with Gasteiger partial charge in [-0.1, -0.05) is 29.8 Å². The number of carbonyl (C=O) groups excluding carboxylic acids is 1. The van der Waals surface area contributed by atoms with E-state index in [1.54, 1.807) is 0 Å². The molecule has 0 saturated heterocycles. The Kier molecular flexibility index (Phi) is 5.89. The predicted octanol–water partition coefficient (Wildman–Crippen LogP) is -0.765. The van der Waals surface area contributed by atoms with Gasteiger partial charge in [-0.25, -0.2) is 0 Å². The molecule has 0 unspecified atom stereocenters. The Morgan fingerprint density at radius 2 is 1.60 bits per heavy atom. The standard InChI is InChI=1S/C16H19N2O.BrH/c1-13-4-6-14(7-5-13)16(19)12-18-10-8-15(9-11-18)17(2)3;/h4-11H,12H2,1-3H3;1H/q+1;/p-1. The average Bonchev–Trinajstić information content (AvgIpc) is 2.40. The van der Waals surface area contributed by atoms with Gasteiger partial charge in [0.15, 0.2) is 12.4 Å². The molecule has 0 aliphatic carbocycles. The monoisotopic (exact) mass is 334 g/mol. The van der Waals surface area contributed by atoms with Gasteiger partial charge in [0.1, 0.15) is 0 Å². The predicted molar refractivity (Wildman–Crippen MR) is 76.5 cm³/mol. The molecule has 2 aromatic rings. The SMILES string of the molecule is Cc1ccc(C(=O)C[n+]2ccc(N(C)C)cc2)cc1.[Br-]. The van der Waals surface area contributed by atoms with E-state index >= 15 is 0 Å². The molecule has 2 rings (SSSR count). The minimum atomic E-state index is 0. The number of pyridine rings is 1. The van der Waals surface area contributed by atoms with Crippen molar-refractivity contribution in [2.45, 2.75) is 13.5 Å². The van der Waals surface area contributed by atoms with Gasteiger partial charge in [0.25, 0.3) is 0 Å². The molecule has 0 bridgehead atoms. The van der Waals surface area contributed by atoms with E-state index in [0.29, 0.717) is 6.54 Å². The van der Waals surface area contributed by atoms with Crippen molar-refractivity contribution in [1.29, 1.82) is 0 Å². The van der Waals surface area contributed by atoms with Crippen LogP contribution in [0.1, 0.15) is 15.9 Å². The van der Waals surface area contributed by atoms with Crippen LogP contribution in [0.2, 0.25) is 0 Å². The molecule has 4 heteroatoms. The first-order valence-electron chi connectivity index (χ1n) is 6.32. The Balaban J connectivity index is 0.00000200. The van der Waals surface area contributed by atoms with E-state index in [-0.39, 0.29) is 22.8 Å². The zero-order chi connectivity index (χ0) is 13.8. The summed E-state index contributed by atoms with van der Waals surface area (Å²) >= 11 is 0. The Morgan fingerprint density at radius 3 is 2.10 bits per heavy atom. The van der Waals surface area contributed by atoms with E-state index in [0.717, 1.165) is 11.3 Å². The van der Waals surface area contributed by atoms with E-state index in [4.69, 9.17) is 0 Å². The Bertz CT molecular complexity index is 562. The van der Waals surface area contributed by atoms with Gasteiger partial charge in [0.05, 0.1) is 0 Å². The summed E-state index contributed by atoms with van der Waals surface area (Å²) in [7, 11) is 3.99. The second kappa shape index (κ2) is 7.20. The lowest BCUT2D eigenvalue weighted by Gasteiger charge is -2.10. The maximum atomic E-state index is 12.1. The molecular formula is C16H19BrN2O. The summed E-state index contributed by atoms with van der Waals surface area (Å²) in [5, 5.41) is 0. The quantitative estimate of drug-likeness (QED) is 0.542. The van der Waals surface area contributed by atoms with Crippen molar-refractivity contribution in [2.75, 3.05) is 19.0 Å².